The van der Waals surface area contributed by atoms with Crippen LogP contribution in [0.1, 0.15) is 32.1 Å². The normalized spacial score (nSPS) is 25.7. The van der Waals surface area contributed by atoms with Crippen LogP contribution in [-0.4, -0.2) is 52.7 Å². The minimum absolute atomic E-state index is 0.0816. The van der Waals surface area contributed by atoms with E-state index in [-0.39, 0.29) is 24.2 Å². The van der Waals surface area contributed by atoms with Gasteiger partial charge < -0.3 is 0 Å². The number of allylic oxidation sites excluding steroid dienone is 3. The van der Waals surface area contributed by atoms with Crippen molar-refractivity contribution in [3.63, 3.8) is 0 Å². The van der Waals surface area contributed by atoms with E-state index in [1.54, 1.807) is 23.1 Å². The number of rotatable bonds is 12. The molecule has 158 valence electrons. The molecule has 1 heterocycles. The summed E-state index contributed by atoms with van der Waals surface area (Å²) in [7, 11) is 3.92. The van der Waals surface area contributed by atoms with Crippen LogP contribution in [-0.2, 0) is 4.79 Å². The van der Waals surface area contributed by atoms with Crippen LogP contribution in [0.25, 0.3) is 0 Å². The van der Waals surface area contributed by atoms with Gasteiger partial charge in [0.25, 0.3) is 0 Å². The molecular weight excluding hydrogens is 471 g/mol. The average molecular weight is 499 g/mol. The van der Waals surface area contributed by atoms with Gasteiger partial charge in [-0.3, -0.25) is 0 Å². The predicted molar refractivity (Wildman–Crippen MR) is 127 cm³/mol. The number of unbranched alkanes of at least 4 members (excludes halogenated alkanes) is 1. The SMILES string of the molecule is B=C[C@@H]1CC(O)[C@H](C/C=C\CCCC(=O)O)[C@H]1/C=C/[C@@H](O)CSc1cc(Br)cs1. The fourth-order valence-corrected chi connectivity index (χ4v) is 6.21. The molecule has 1 aliphatic rings. The van der Waals surface area contributed by atoms with E-state index in [2.05, 4.69) is 23.4 Å². The monoisotopic (exact) mass is 498 g/mol. The van der Waals surface area contributed by atoms with E-state index in [0.29, 0.717) is 18.6 Å². The third kappa shape index (κ3) is 8.54. The van der Waals surface area contributed by atoms with Crippen LogP contribution in [0.3, 0.4) is 0 Å². The molecule has 0 saturated heterocycles. The first-order valence-corrected chi connectivity index (χ1v) is 12.5. The summed E-state index contributed by atoms with van der Waals surface area (Å²) in [6.45, 7) is 0. The number of carbonyl (C=O) groups is 1. The summed E-state index contributed by atoms with van der Waals surface area (Å²) in [6.07, 6.45) is 9.95. The van der Waals surface area contributed by atoms with Gasteiger partial charge >= 0.3 is 191 Å². The third-order valence-corrected chi connectivity index (χ3v) is 8.17. The van der Waals surface area contributed by atoms with Crippen LogP contribution in [0.15, 0.2) is 44.4 Å². The maximum atomic E-state index is 10.6. The van der Waals surface area contributed by atoms with Gasteiger partial charge in [-0.15, -0.1) is 0 Å². The first kappa shape index (κ1) is 24.6. The second-order valence-electron chi connectivity index (χ2n) is 7.28. The number of carboxylic acids is 1. The molecule has 29 heavy (non-hydrogen) atoms. The summed E-state index contributed by atoms with van der Waals surface area (Å²) in [5.41, 5.74) is 0. The molecule has 8 heteroatoms. The molecule has 3 N–H and O–H groups in total. The van der Waals surface area contributed by atoms with Crippen molar-refractivity contribution in [3.05, 3.63) is 40.2 Å². The Bertz CT molecular complexity index is 721. The van der Waals surface area contributed by atoms with Crippen LogP contribution in [0.4, 0.5) is 0 Å². The quantitative estimate of drug-likeness (QED) is 0.175. The zero-order valence-electron chi connectivity index (χ0n) is 16.3. The van der Waals surface area contributed by atoms with Crippen molar-refractivity contribution in [2.75, 3.05) is 5.75 Å². The summed E-state index contributed by atoms with van der Waals surface area (Å²) >= 11 is 6.72. The number of thioether (sulfide) groups is 1. The van der Waals surface area contributed by atoms with Crippen molar-refractivity contribution in [2.24, 2.45) is 17.8 Å². The molecule has 0 radical (unpaired) electrons. The number of aliphatic hydroxyl groups is 2. The molecule has 2 rings (SSSR count). The van der Waals surface area contributed by atoms with E-state index in [1.165, 1.54) is 0 Å². The second-order valence-corrected chi connectivity index (χ2v) is 10.4. The fraction of sp³-hybridized carbons (Fsp3) is 0.524. The fourth-order valence-electron chi connectivity index (χ4n) is 3.63. The molecule has 1 aliphatic carbocycles. The number of carboxylic acid groups (broad SMARTS) is 1. The number of thiophene rings is 1. The van der Waals surface area contributed by atoms with E-state index >= 15 is 0 Å². The Morgan fingerprint density at radius 2 is 2.24 bits per heavy atom. The van der Waals surface area contributed by atoms with Crippen LogP contribution < -0.4 is 0 Å². The van der Waals surface area contributed by atoms with Crippen molar-refractivity contribution in [1.82, 2.24) is 0 Å². The topological polar surface area (TPSA) is 77.8 Å². The van der Waals surface area contributed by atoms with Crippen molar-refractivity contribution >= 4 is 58.5 Å². The molecule has 0 amide bonds. The number of aliphatic carboxylic acids is 1. The van der Waals surface area contributed by atoms with Gasteiger partial charge in [-0.1, -0.05) is 0 Å². The molecule has 0 aromatic carbocycles. The molecule has 1 unspecified atom stereocenters. The number of hydrogen-bond acceptors (Lipinski definition) is 5. The number of aliphatic hydroxyl groups excluding tert-OH is 2. The van der Waals surface area contributed by atoms with Gasteiger partial charge in [0, 0.05) is 0 Å². The Kier molecular flexibility index (Phi) is 10.9. The van der Waals surface area contributed by atoms with Crippen LogP contribution >= 0.6 is 39.0 Å². The van der Waals surface area contributed by atoms with Crippen LogP contribution in [0.2, 0.25) is 0 Å². The van der Waals surface area contributed by atoms with Crippen molar-refractivity contribution < 1.29 is 20.1 Å². The Morgan fingerprint density at radius 1 is 1.45 bits per heavy atom. The van der Waals surface area contributed by atoms with Gasteiger partial charge in [-0.05, 0) is 0 Å². The predicted octanol–water partition coefficient (Wildman–Crippen LogP) is 4.04. The molecule has 1 fully saturated rings. The summed E-state index contributed by atoms with van der Waals surface area (Å²) in [5.74, 6) is 2.14. The Labute approximate surface area is 190 Å². The molecule has 4 nitrogen and oxygen atoms in total. The van der Waals surface area contributed by atoms with E-state index in [0.717, 1.165) is 21.5 Å². The molecule has 1 aromatic heterocycles. The minimum atomic E-state index is -0.771. The van der Waals surface area contributed by atoms with E-state index in [9.17, 15) is 15.0 Å². The summed E-state index contributed by atoms with van der Waals surface area (Å²) < 4.78 is 2.22. The maximum absolute atomic E-state index is 10.6. The molecule has 1 saturated carbocycles. The number of hydrogen-bond donors (Lipinski definition) is 3. The molecule has 0 spiro atoms. The first-order chi connectivity index (χ1) is 13.9. The molecule has 0 aliphatic heterocycles. The Morgan fingerprint density at radius 3 is 2.90 bits per heavy atom. The van der Waals surface area contributed by atoms with Gasteiger partial charge in [-0.25, -0.2) is 0 Å². The zero-order valence-corrected chi connectivity index (χ0v) is 19.5. The van der Waals surface area contributed by atoms with E-state index in [1.807, 2.05) is 41.7 Å². The molecule has 5 atom stereocenters. The molecule has 1 aromatic rings. The first-order valence-electron chi connectivity index (χ1n) is 9.81. The molecular formula is C21H28BBrO4S2. The molecule has 0 bridgehead atoms. The van der Waals surface area contributed by atoms with Crippen LogP contribution in [0.5, 0.6) is 0 Å². The zero-order chi connectivity index (χ0) is 21.2. The van der Waals surface area contributed by atoms with E-state index in [4.69, 9.17) is 5.11 Å². The Hall–Kier alpha value is -0.665. The standard InChI is InChI=1S/C21H28BBrO4S2/c22-11-14-9-19(25)18(5-3-1-2-4-6-20(26)27)17(14)8-7-16(24)13-29-21-10-15(23)12-28-21/h1,3,7-8,10-12,14,16-19,22,24-25H,2,4-6,9,13H2,(H,26,27)/b3-1-,8-7+/t14-,16+,17-,18+,19?/m0/s1. The second kappa shape index (κ2) is 12.9. The van der Waals surface area contributed by atoms with E-state index < -0.39 is 18.2 Å². The third-order valence-electron chi connectivity index (χ3n) is 5.13. The summed E-state index contributed by atoms with van der Waals surface area (Å²) in [5, 5.41) is 31.5. The van der Waals surface area contributed by atoms with Crippen molar-refractivity contribution in [3.8, 4) is 0 Å². The van der Waals surface area contributed by atoms with Crippen molar-refractivity contribution in [1.29, 1.82) is 0 Å². The van der Waals surface area contributed by atoms with Gasteiger partial charge in [0.15, 0.2) is 0 Å². The summed E-state index contributed by atoms with van der Waals surface area (Å²) in [6, 6.07) is 2.05. The van der Waals surface area contributed by atoms with Gasteiger partial charge in [0.05, 0.1) is 0 Å². The Balaban J connectivity index is 1.87. The van der Waals surface area contributed by atoms with Gasteiger partial charge in [0.1, 0.15) is 0 Å². The van der Waals surface area contributed by atoms with Gasteiger partial charge in [0.2, 0.25) is 0 Å². The van der Waals surface area contributed by atoms with Crippen molar-refractivity contribution in [2.45, 2.75) is 48.5 Å². The number of halogens is 1. The average Bonchev–Trinajstić information content (AvgIpc) is 3.23. The summed E-state index contributed by atoms with van der Waals surface area (Å²) in [4.78, 5) is 10.6. The van der Waals surface area contributed by atoms with Crippen LogP contribution in [0, 0.1) is 17.8 Å². The van der Waals surface area contributed by atoms with Gasteiger partial charge in [-0.2, -0.15) is 0 Å².